The first-order valence-corrected chi connectivity index (χ1v) is 16.4. The Morgan fingerprint density at radius 3 is 2.77 bits per heavy atom. The van der Waals surface area contributed by atoms with Gasteiger partial charge >= 0.3 is 6.03 Å². The summed E-state index contributed by atoms with van der Waals surface area (Å²) in [4.78, 5) is 40.2. The maximum absolute atomic E-state index is 13.8. The molecular weight excluding hydrogens is 630 g/mol. The van der Waals surface area contributed by atoms with Crippen LogP contribution in [-0.4, -0.2) is 78.4 Å². The van der Waals surface area contributed by atoms with Crippen LogP contribution in [0.25, 0.3) is 0 Å². The number of hydrogen-bond donors (Lipinski definition) is 3. The molecule has 0 radical (unpaired) electrons. The van der Waals surface area contributed by atoms with E-state index in [2.05, 4.69) is 60.0 Å². The SMILES string of the molecule is CN=CN/C=C/CCNC(=O)C1CN(C2c3ccc(Cl)cc3CCc3cc(Br)cnc32)CCN1C(=O)NC1CCCCC1. The molecule has 43 heavy (non-hydrogen) atoms. The monoisotopic (exact) mass is 669 g/mol. The zero-order valence-corrected chi connectivity index (χ0v) is 27.0. The highest BCUT2D eigenvalue weighted by atomic mass is 79.9. The number of fused-ring (bicyclic) bond motifs is 2. The van der Waals surface area contributed by atoms with Gasteiger partial charge in [-0.05, 0) is 89.1 Å². The van der Waals surface area contributed by atoms with Crippen molar-refractivity contribution in [2.24, 2.45) is 4.99 Å². The minimum Gasteiger partial charge on any atom is -0.354 e. The van der Waals surface area contributed by atoms with E-state index in [-0.39, 0.29) is 24.0 Å². The quantitative estimate of drug-likeness (QED) is 0.209. The summed E-state index contributed by atoms with van der Waals surface area (Å²) >= 11 is 10.0. The van der Waals surface area contributed by atoms with Crippen LogP contribution < -0.4 is 16.0 Å². The molecule has 1 aromatic carbocycles. The highest BCUT2D eigenvalue weighted by Gasteiger charge is 2.40. The number of aliphatic imine (C=N–C) groups is 1. The fourth-order valence-electron chi connectivity index (χ4n) is 6.46. The Hall–Kier alpha value is -2.95. The second kappa shape index (κ2) is 15.2. The van der Waals surface area contributed by atoms with E-state index >= 15 is 0 Å². The van der Waals surface area contributed by atoms with Crippen molar-refractivity contribution in [1.82, 2.24) is 30.7 Å². The number of rotatable bonds is 8. The standard InChI is InChI=1S/C32H41BrClN7O2/c1-35-21-36-13-5-6-14-37-31(42)28-20-40(15-16-41(28)32(43)39-26-7-3-2-4-8-26)30-27-12-11-25(34)18-22(27)9-10-23-17-24(33)19-38-29(23)30/h5,11-13,17-19,21,26,28,30H,2-4,6-10,14-16,20H2,1H3,(H,35,36)(H,37,42)(H,39,43)/b13-5+. The first-order valence-electron chi connectivity index (χ1n) is 15.3. The highest BCUT2D eigenvalue weighted by Crippen LogP contribution is 2.38. The molecule has 230 valence electrons. The summed E-state index contributed by atoms with van der Waals surface area (Å²) in [6, 6.07) is 7.47. The minimum atomic E-state index is -0.635. The summed E-state index contributed by atoms with van der Waals surface area (Å²) in [5.41, 5.74) is 4.53. The van der Waals surface area contributed by atoms with E-state index in [1.165, 1.54) is 17.5 Å². The molecule has 2 unspecified atom stereocenters. The third-order valence-corrected chi connectivity index (χ3v) is 9.26. The Balaban J connectivity index is 1.39. The lowest BCUT2D eigenvalue weighted by Crippen LogP contribution is -2.63. The molecule has 3 N–H and O–H groups in total. The molecule has 1 aromatic heterocycles. The van der Waals surface area contributed by atoms with Gasteiger partial charge in [-0.25, -0.2) is 4.79 Å². The van der Waals surface area contributed by atoms with Crippen molar-refractivity contribution in [2.45, 2.75) is 69.5 Å². The van der Waals surface area contributed by atoms with E-state index in [1.807, 2.05) is 18.3 Å². The lowest BCUT2D eigenvalue weighted by molar-refractivity contribution is -0.127. The molecule has 3 amide bonds. The van der Waals surface area contributed by atoms with Gasteiger partial charge in [-0.2, -0.15) is 0 Å². The summed E-state index contributed by atoms with van der Waals surface area (Å²) in [7, 11) is 1.70. The first kappa shape index (κ1) is 31.5. The Kier molecular flexibility index (Phi) is 11.1. The number of urea groups is 1. The smallest absolute Gasteiger partial charge is 0.318 e. The zero-order chi connectivity index (χ0) is 30.2. The van der Waals surface area contributed by atoms with Gasteiger partial charge in [0, 0.05) is 55.0 Å². The topological polar surface area (TPSA) is 102 Å². The molecule has 11 heteroatoms. The van der Waals surface area contributed by atoms with Crippen molar-refractivity contribution in [3.05, 3.63) is 74.6 Å². The average molecular weight is 671 g/mol. The van der Waals surface area contributed by atoms with Crippen molar-refractivity contribution in [3.63, 3.8) is 0 Å². The maximum atomic E-state index is 13.8. The van der Waals surface area contributed by atoms with Crippen molar-refractivity contribution in [2.75, 3.05) is 33.2 Å². The Morgan fingerprint density at radius 1 is 1.14 bits per heavy atom. The number of amides is 3. The molecule has 3 aliphatic rings. The van der Waals surface area contributed by atoms with Gasteiger partial charge in [0.05, 0.1) is 18.1 Å². The maximum Gasteiger partial charge on any atom is 0.318 e. The number of halogens is 2. The summed E-state index contributed by atoms with van der Waals surface area (Å²) in [5.74, 6) is -0.145. The van der Waals surface area contributed by atoms with Crippen LogP contribution in [0, 0.1) is 0 Å². The van der Waals surface area contributed by atoms with Crippen LogP contribution >= 0.6 is 27.5 Å². The largest absolute Gasteiger partial charge is 0.354 e. The van der Waals surface area contributed by atoms with E-state index in [1.54, 1.807) is 24.5 Å². The van der Waals surface area contributed by atoms with Gasteiger partial charge in [0.25, 0.3) is 0 Å². The van der Waals surface area contributed by atoms with Crippen LogP contribution in [-0.2, 0) is 17.6 Å². The molecule has 1 aliphatic heterocycles. The van der Waals surface area contributed by atoms with Gasteiger partial charge in [0.15, 0.2) is 0 Å². The molecule has 0 bridgehead atoms. The number of carbonyl (C=O) groups excluding carboxylic acids is 2. The number of hydrogen-bond acceptors (Lipinski definition) is 5. The van der Waals surface area contributed by atoms with E-state index in [9.17, 15) is 9.59 Å². The third kappa shape index (κ3) is 7.96. The lowest BCUT2D eigenvalue weighted by Gasteiger charge is -2.44. The van der Waals surface area contributed by atoms with Crippen molar-refractivity contribution in [1.29, 1.82) is 0 Å². The number of benzene rings is 1. The molecule has 0 spiro atoms. The molecule has 2 aromatic rings. The number of pyridine rings is 1. The predicted octanol–water partition coefficient (Wildman–Crippen LogP) is 4.98. The first-order chi connectivity index (χ1) is 20.9. The van der Waals surface area contributed by atoms with Crippen LogP contribution in [0.5, 0.6) is 0 Å². The van der Waals surface area contributed by atoms with Crippen LogP contribution in [0.15, 0.2) is 52.2 Å². The molecule has 9 nitrogen and oxygen atoms in total. The van der Waals surface area contributed by atoms with Crippen molar-refractivity contribution >= 4 is 45.8 Å². The van der Waals surface area contributed by atoms with Crippen molar-refractivity contribution in [3.8, 4) is 0 Å². The van der Waals surface area contributed by atoms with Gasteiger partial charge in [0.1, 0.15) is 6.04 Å². The van der Waals surface area contributed by atoms with Crippen LogP contribution in [0.3, 0.4) is 0 Å². The van der Waals surface area contributed by atoms with Gasteiger partial charge in [0.2, 0.25) is 5.91 Å². The fraction of sp³-hybridized carbons (Fsp3) is 0.500. The summed E-state index contributed by atoms with van der Waals surface area (Å²) in [6.07, 6.45) is 15.0. The van der Waals surface area contributed by atoms with Crippen molar-refractivity contribution < 1.29 is 9.59 Å². The van der Waals surface area contributed by atoms with Gasteiger partial charge in [-0.3, -0.25) is 19.7 Å². The second-order valence-electron chi connectivity index (χ2n) is 11.5. The summed E-state index contributed by atoms with van der Waals surface area (Å²) < 4.78 is 0.946. The van der Waals surface area contributed by atoms with Gasteiger partial charge < -0.3 is 20.9 Å². The number of nitrogens with zero attached hydrogens (tertiary/aromatic N) is 4. The number of carbonyl (C=O) groups is 2. The normalized spacial score (nSPS) is 21.3. The Bertz CT molecular complexity index is 1290. The van der Waals surface area contributed by atoms with E-state index in [0.717, 1.165) is 54.3 Å². The number of nitrogens with one attached hydrogen (secondary N) is 3. The minimum absolute atomic E-state index is 0.145. The molecule has 5 rings (SSSR count). The van der Waals surface area contributed by atoms with E-state index in [0.29, 0.717) is 37.6 Å². The summed E-state index contributed by atoms with van der Waals surface area (Å²) in [5, 5.41) is 9.98. The highest BCUT2D eigenvalue weighted by molar-refractivity contribution is 9.10. The molecule has 2 aliphatic carbocycles. The van der Waals surface area contributed by atoms with Gasteiger partial charge in [-0.1, -0.05) is 43.0 Å². The number of aromatic nitrogens is 1. The van der Waals surface area contributed by atoms with E-state index < -0.39 is 6.04 Å². The molecule has 2 fully saturated rings. The average Bonchev–Trinajstić information content (AvgIpc) is 3.17. The second-order valence-corrected chi connectivity index (χ2v) is 12.8. The number of aryl methyl sites for hydroxylation is 2. The third-order valence-electron chi connectivity index (χ3n) is 8.59. The van der Waals surface area contributed by atoms with Gasteiger partial charge in [-0.15, -0.1) is 0 Å². The Labute approximate surface area is 267 Å². The van der Waals surface area contributed by atoms with Crippen LogP contribution in [0.1, 0.15) is 67.0 Å². The van der Waals surface area contributed by atoms with E-state index in [4.69, 9.17) is 16.6 Å². The Morgan fingerprint density at radius 2 is 1.95 bits per heavy atom. The molecular formula is C32H41BrClN7O2. The molecule has 1 saturated heterocycles. The zero-order valence-electron chi connectivity index (χ0n) is 24.7. The molecule has 2 atom stereocenters. The molecule has 2 heterocycles. The molecule has 1 saturated carbocycles. The predicted molar refractivity (Wildman–Crippen MR) is 174 cm³/mol. The van der Waals surface area contributed by atoms with Crippen LogP contribution in [0.4, 0.5) is 4.79 Å². The summed E-state index contributed by atoms with van der Waals surface area (Å²) in [6.45, 7) is 1.94. The van der Waals surface area contributed by atoms with Crippen LogP contribution in [0.2, 0.25) is 5.02 Å². The lowest BCUT2D eigenvalue weighted by atomic mass is 9.95. The number of piperazine rings is 1. The fourth-order valence-corrected chi connectivity index (χ4v) is 7.03.